The van der Waals surface area contributed by atoms with Gasteiger partial charge in [0.05, 0.1) is 11.6 Å². The Morgan fingerprint density at radius 3 is 2.86 bits per heavy atom. The predicted octanol–water partition coefficient (Wildman–Crippen LogP) is 2.14. The maximum atomic E-state index is 11.8. The first-order chi connectivity index (χ1) is 10.2. The first kappa shape index (κ1) is 14.5. The Hall–Kier alpha value is -2.87. The summed E-state index contributed by atoms with van der Waals surface area (Å²) in [6.45, 7) is 0.505. The van der Waals surface area contributed by atoms with E-state index in [4.69, 9.17) is 5.26 Å². The molecule has 0 aliphatic heterocycles. The van der Waals surface area contributed by atoms with Gasteiger partial charge in [0, 0.05) is 30.9 Å². The van der Waals surface area contributed by atoms with Crippen LogP contribution in [0.3, 0.4) is 0 Å². The Balaban J connectivity index is 1.84. The van der Waals surface area contributed by atoms with Crippen molar-refractivity contribution in [2.45, 2.75) is 19.4 Å². The molecule has 0 unspecified atom stereocenters. The molecule has 0 aliphatic rings. The van der Waals surface area contributed by atoms with Crippen LogP contribution in [-0.2, 0) is 11.3 Å². The minimum absolute atomic E-state index is 0.0698. The van der Waals surface area contributed by atoms with Gasteiger partial charge in [-0.1, -0.05) is 12.1 Å². The number of benzene rings is 1. The Morgan fingerprint density at radius 2 is 2.10 bits per heavy atom. The summed E-state index contributed by atoms with van der Waals surface area (Å²) in [5.74, 6) is -0.130. The van der Waals surface area contributed by atoms with Crippen molar-refractivity contribution in [2.75, 3.05) is 5.32 Å². The summed E-state index contributed by atoms with van der Waals surface area (Å²) in [6.07, 6.45) is 2.60. The van der Waals surface area contributed by atoms with Gasteiger partial charge in [-0.3, -0.25) is 9.59 Å². The Bertz CT molecular complexity index is 729. The summed E-state index contributed by atoms with van der Waals surface area (Å²) in [7, 11) is 0. The zero-order chi connectivity index (χ0) is 15.1. The number of amides is 1. The van der Waals surface area contributed by atoms with E-state index in [2.05, 4.69) is 5.32 Å². The lowest BCUT2D eigenvalue weighted by Crippen LogP contribution is -2.19. The normalized spacial score (nSPS) is 9.86. The van der Waals surface area contributed by atoms with Crippen LogP contribution in [0.1, 0.15) is 18.4 Å². The fourth-order valence-corrected chi connectivity index (χ4v) is 1.95. The van der Waals surface area contributed by atoms with Crippen molar-refractivity contribution in [3.05, 3.63) is 64.6 Å². The lowest BCUT2D eigenvalue weighted by atomic mass is 10.2. The Kier molecular flexibility index (Phi) is 4.89. The van der Waals surface area contributed by atoms with Gasteiger partial charge >= 0.3 is 0 Å². The van der Waals surface area contributed by atoms with Crippen LogP contribution in [0.15, 0.2) is 53.5 Å². The molecule has 106 valence electrons. The number of nitriles is 1. The summed E-state index contributed by atoms with van der Waals surface area (Å²) in [4.78, 5) is 23.3. The van der Waals surface area contributed by atoms with Gasteiger partial charge in [-0.2, -0.15) is 5.26 Å². The molecule has 2 aromatic rings. The highest BCUT2D eigenvalue weighted by atomic mass is 16.1. The van der Waals surface area contributed by atoms with Gasteiger partial charge in [0.2, 0.25) is 11.5 Å². The van der Waals surface area contributed by atoms with Crippen LogP contribution in [0, 0.1) is 11.3 Å². The van der Waals surface area contributed by atoms with Crippen LogP contribution < -0.4 is 10.9 Å². The number of nitrogens with zero attached hydrogens (tertiary/aromatic N) is 2. The van der Waals surface area contributed by atoms with Crippen molar-refractivity contribution < 1.29 is 4.79 Å². The molecular formula is C16H15N3O2. The number of hydrogen-bond donors (Lipinski definition) is 1. The molecule has 0 fully saturated rings. The molecule has 5 nitrogen and oxygen atoms in total. The highest BCUT2D eigenvalue weighted by molar-refractivity contribution is 5.90. The highest BCUT2D eigenvalue weighted by Gasteiger charge is 2.03. The number of hydrogen-bond acceptors (Lipinski definition) is 3. The third-order valence-corrected chi connectivity index (χ3v) is 2.98. The van der Waals surface area contributed by atoms with Crippen molar-refractivity contribution in [2.24, 2.45) is 0 Å². The van der Waals surface area contributed by atoms with Gasteiger partial charge in [0.25, 0.3) is 0 Å². The quantitative estimate of drug-likeness (QED) is 0.912. The van der Waals surface area contributed by atoms with E-state index in [1.54, 1.807) is 47.2 Å². The monoisotopic (exact) mass is 281 g/mol. The van der Waals surface area contributed by atoms with Crippen molar-refractivity contribution in [3.63, 3.8) is 0 Å². The number of pyridine rings is 1. The van der Waals surface area contributed by atoms with Gasteiger partial charge in [0.15, 0.2) is 0 Å². The minimum Gasteiger partial charge on any atom is -0.326 e. The molecule has 0 saturated carbocycles. The lowest BCUT2D eigenvalue weighted by molar-refractivity contribution is -0.116. The number of rotatable bonds is 5. The van der Waals surface area contributed by atoms with E-state index in [1.165, 1.54) is 6.07 Å². The van der Waals surface area contributed by atoms with Gasteiger partial charge < -0.3 is 9.88 Å². The van der Waals surface area contributed by atoms with Crippen molar-refractivity contribution in [3.8, 4) is 6.07 Å². The second-order valence-electron chi connectivity index (χ2n) is 4.58. The van der Waals surface area contributed by atoms with E-state index in [-0.39, 0.29) is 11.5 Å². The zero-order valence-corrected chi connectivity index (χ0v) is 11.5. The Morgan fingerprint density at radius 1 is 1.24 bits per heavy atom. The number of anilines is 1. The molecule has 1 heterocycles. The predicted molar refractivity (Wildman–Crippen MR) is 79.7 cm³/mol. The number of carbonyl (C=O) groups excluding carboxylic acids is 1. The van der Waals surface area contributed by atoms with Gasteiger partial charge in [0.1, 0.15) is 0 Å². The SMILES string of the molecule is N#Cc1cccc(NC(=O)CCCn2ccccc2=O)c1. The number of aryl methyl sites for hydroxylation is 1. The molecule has 2 rings (SSSR count). The number of carbonyl (C=O) groups is 1. The summed E-state index contributed by atoms with van der Waals surface area (Å²) < 4.78 is 1.57. The topological polar surface area (TPSA) is 74.9 Å². The van der Waals surface area contributed by atoms with Crippen LogP contribution >= 0.6 is 0 Å². The maximum absolute atomic E-state index is 11.8. The van der Waals surface area contributed by atoms with Crippen molar-refractivity contribution >= 4 is 11.6 Å². The van der Waals surface area contributed by atoms with E-state index < -0.39 is 0 Å². The van der Waals surface area contributed by atoms with Crippen LogP contribution in [0.4, 0.5) is 5.69 Å². The maximum Gasteiger partial charge on any atom is 0.250 e. The molecule has 0 spiro atoms. The number of aromatic nitrogens is 1. The molecule has 0 bridgehead atoms. The van der Waals surface area contributed by atoms with Crippen LogP contribution in [0.2, 0.25) is 0 Å². The van der Waals surface area contributed by atoms with Gasteiger partial charge in [-0.25, -0.2) is 0 Å². The second-order valence-corrected chi connectivity index (χ2v) is 4.58. The lowest BCUT2D eigenvalue weighted by Gasteiger charge is -2.06. The number of nitrogens with one attached hydrogen (secondary N) is 1. The fraction of sp³-hybridized carbons (Fsp3) is 0.188. The molecule has 0 radical (unpaired) electrons. The van der Waals surface area contributed by atoms with Gasteiger partial charge in [-0.15, -0.1) is 0 Å². The van der Waals surface area contributed by atoms with Crippen LogP contribution in [0.25, 0.3) is 0 Å². The molecule has 5 heteroatoms. The van der Waals surface area contributed by atoms with E-state index >= 15 is 0 Å². The average Bonchev–Trinajstić information content (AvgIpc) is 2.49. The van der Waals surface area contributed by atoms with Gasteiger partial charge in [-0.05, 0) is 30.7 Å². The summed E-state index contributed by atoms with van der Waals surface area (Å²) in [5, 5.41) is 11.5. The largest absolute Gasteiger partial charge is 0.326 e. The zero-order valence-electron chi connectivity index (χ0n) is 11.5. The molecule has 1 amide bonds. The summed E-state index contributed by atoms with van der Waals surface area (Å²) >= 11 is 0. The molecule has 1 aromatic carbocycles. The van der Waals surface area contributed by atoms with Crippen molar-refractivity contribution in [1.29, 1.82) is 5.26 Å². The third-order valence-electron chi connectivity index (χ3n) is 2.98. The first-order valence-corrected chi connectivity index (χ1v) is 6.64. The standard InChI is InChI=1S/C16H15N3O2/c17-12-13-5-3-6-14(11-13)18-15(20)7-4-10-19-9-2-1-8-16(19)21/h1-3,5-6,8-9,11H,4,7,10H2,(H,18,20). The summed E-state index contributed by atoms with van der Waals surface area (Å²) in [6, 6.07) is 13.7. The van der Waals surface area contributed by atoms with Crippen LogP contribution in [-0.4, -0.2) is 10.5 Å². The van der Waals surface area contributed by atoms with E-state index in [9.17, 15) is 9.59 Å². The van der Waals surface area contributed by atoms with E-state index in [1.807, 2.05) is 6.07 Å². The van der Waals surface area contributed by atoms with Crippen LogP contribution in [0.5, 0.6) is 0 Å². The van der Waals surface area contributed by atoms with E-state index in [0.717, 1.165) is 0 Å². The fourth-order valence-electron chi connectivity index (χ4n) is 1.95. The highest BCUT2D eigenvalue weighted by Crippen LogP contribution is 2.10. The minimum atomic E-state index is -0.130. The van der Waals surface area contributed by atoms with Crippen molar-refractivity contribution in [1.82, 2.24) is 4.57 Å². The molecule has 0 saturated heterocycles. The van der Waals surface area contributed by atoms with E-state index in [0.29, 0.717) is 30.6 Å². The first-order valence-electron chi connectivity index (χ1n) is 6.64. The molecular weight excluding hydrogens is 266 g/mol. The second kappa shape index (κ2) is 7.06. The average molecular weight is 281 g/mol. The Labute approximate surface area is 122 Å². The molecule has 0 aliphatic carbocycles. The molecule has 1 N–H and O–H groups in total. The molecule has 21 heavy (non-hydrogen) atoms. The third kappa shape index (κ3) is 4.32. The molecule has 1 aromatic heterocycles. The smallest absolute Gasteiger partial charge is 0.250 e. The summed E-state index contributed by atoms with van der Waals surface area (Å²) in [5.41, 5.74) is 1.04. The molecule has 0 atom stereocenters.